The maximum atomic E-state index is 9.03. The lowest BCUT2D eigenvalue weighted by atomic mass is 10.2. The van der Waals surface area contributed by atoms with Gasteiger partial charge in [-0.1, -0.05) is 0 Å². The largest absolute Gasteiger partial charge is 0.354 e. The van der Waals surface area contributed by atoms with E-state index in [1.54, 1.807) is 12.3 Å². The summed E-state index contributed by atoms with van der Waals surface area (Å²) in [5, 5.41) is 13.7. The van der Waals surface area contributed by atoms with Gasteiger partial charge in [0.25, 0.3) is 0 Å². The minimum Gasteiger partial charge on any atom is -0.354 e. The summed E-state index contributed by atoms with van der Waals surface area (Å²) in [5.41, 5.74) is 0.653. The Morgan fingerprint density at radius 3 is 2.72 bits per heavy atom. The van der Waals surface area contributed by atoms with Gasteiger partial charge in [0.1, 0.15) is 11.6 Å². The van der Waals surface area contributed by atoms with Gasteiger partial charge in [-0.3, -0.25) is 4.90 Å². The van der Waals surface area contributed by atoms with Gasteiger partial charge in [-0.25, -0.2) is 9.67 Å². The molecule has 4 rings (SSSR count). The molecule has 2 fully saturated rings. The minimum absolute atomic E-state index is 0.566. The van der Waals surface area contributed by atoms with Crippen LogP contribution in [0.3, 0.4) is 0 Å². The van der Waals surface area contributed by atoms with E-state index in [0.29, 0.717) is 11.6 Å². The number of hydrogen-bond donors (Lipinski definition) is 0. The Morgan fingerprint density at radius 1 is 1.28 bits per heavy atom. The highest BCUT2D eigenvalue weighted by Crippen LogP contribution is 2.35. The van der Waals surface area contributed by atoms with Crippen molar-refractivity contribution in [2.24, 2.45) is 0 Å². The summed E-state index contributed by atoms with van der Waals surface area (Å²) in [6.45, 7) is 6.40. The molecule has 8 heteroatoms. The van der Waals surface area contributed by atoms with Crippen molar-refractivity contribution in [3.8, 4) is 6.07 Å². The number of aromatic nitrogens is 4. The van der Waals surface area contributed by atoms with Crippen molar-refractivity contribution in [2.45, 2.75) is 32.5 Å². The molecule has 3 heterocycles. The van der Waals surface area contributed by atoms with E-state index in [9.17, 15) is 0 Å². The van der Waals surface area contributed by atoms with E-state index in [1.165, 1.54) is 12.8 Å². The fourth-order valence-corrected chi connectivity index (χ4v) is 3.72. The Kier molecular flexibility index (Phi) is 4.27. The van der Waals surface area contributed by atoms with E-state index in [2.05, 4.69) is 30.5 Å². The summed E-state index contributed by atoms with van der Waals surface area (Å²) in [4.78, 5) is 8.99. The smallest absolute Gasteiger partial charge is 0.199 e. The number of nitriles is 1. The number of rotatable bonds is 4. The van der Waals surface area contributed by atoms with Crippen molar-refractivity contribution in [3.05, 3.63) is 34.5 Å². The first kappa shape index (κ1) is 16.2. The first-order valence-corrected chi connectivity index (χ1v) is 9.06. The summed E-state index contributed by atoms with van der Waals surface area (Å²) in [5.74, 6) is 1.90. The van der Waals surface area contributed by atoms with Crippen LogP contribution in [-0.2, 0) is 6.67 Å². The lowest BCUT2D eigenvalue weighted by molar-refractivity contribution is 0.193. The first-order chi connectivity index (χ1) is 12.2. The van der Waals surface area contributed by atoms with Gasteiger partial charge in [0.05, 0.1) is 18.3 Å². The maximum Gasteiger partial charge on any atom is 0.199 e. The van der Waals surface area contributed by atoms with Crippen LogP contribution in [0, 0.1) is 23.0 Å². The standard InChI is InChI=1S/C17H21N7S/c1-13-20-23(17(25)24(13)15-2-3-15)12-21-6-8-22(9-7-21)16-10-14(11-18)4-5-19-16/h4-5,10,15H,2-3,6-9,12H2,1H3. The molecular weight excluding hydrogens is 334 g/mol. The average molecular weight is 355 g/mol. The van der Waals surface area contributed by atoms with Crippen LogP contribution in [0.4, 0.5) is 5.82 Å². The van der Waals surface area contributed by atoms with Crippen LogP contribution in [0.25, 0.3) is 0 Å². The Hall–Kier alpha value is -2.24. The quantitative estimate of drug-likeness (QED) is 0.783. The lowest BCUT2D eigenvalue weighted by Crippen LogP contribution is -2.47. The Labute approximate surface area is 152 Å². The van der Waals surface area contributed by atoms with Gasteiger partial charge in [0, 0.05) is 38.4 Å². The number of hydrogen-bond acceptors (Lipinski definition) is 6. The molecule has 0 aromatic carbocycles. The fourth-order valence-electron chi connectivity index (χ4n) is 3.34. The highest BCUT2D eigenvalue weighted by atomic mass is 32.1. The number of piperazine rings is 1. The highest BCUT2D eigenvalue weighted by Gasteiger charge is 2.27. The van der Waals surface area contributed by atoms with Crippen LogP contribution in [0.5, 0.6) is 0 Å². The first-order valence-electron chi connectivity index (χ1n) is 8.65. The van der Waals surface area contributed by atoms with E-state index >= 15 is 0 Å². The molecule has 0 N–H and O–H groups in total. The molecule has 25 heavy (non-hydrogen) atoms. The third kappa shape index (κ3) is 3.30. The molecule has 0 bridgehead atoms. The molecule has 1 aliphatic carbocycles. The molecule has 0 radical (unpaired) electrons. The third-order valence-corrected chi connectivity index (χ3v) is 5.27. The second-order valence-electron chi connectivity index (χ2n) is 6.69. The predicted octanol–water partition coefficient (Wildman–Crippen LogP) is 2.10. The molecule has 1 saturated heterocycles. The van der Waals surface area contributed by atoms with E-state index in [4.69, 9.17) is 17.5 Å². The summed E-state index contributed by atoms with van der Waals surface area (Å²) in [7, 11) is 0. The number of aryl methyl sites for hydroxylation is 1. The van der Waals surface area contributed by atoms with Gasteiger partial charge in [-0.05, 0) is 44.1 Å². The van der Waals surface area contributed by atoms with Crippen LogP contribution >= 0.6 is 12.2 Å². The molecule has 1 saturated carbocycles. The zero-order chi connectivity index (χ0) is 17.4. The number of pyridine rings is 1. The summed E-state index contributed by atoms with van der Waals surface area (Å²) in [6.07, 6.45) is 4.13. The lowest BCUT2D eigenvalue weighted by Gasteiger charge is -2.35. The van der Waals surface area contributed by atoms with E-state index < -0.39 is 0 Å². The fraction of sp³-hybridized carbons (Fsp3) is 0.529. The summed E-state index contributed by atoms with van der Waals surface area (Å²) in [6, 6.07) is 6.33. The molecule has 130 valence electrons. The average Bonchev–Trinajstić information content (AvgIpc) is 3.42. The van der Waals surface area contributed by atoms with Gasteiger partial charge in [0.2, 0.25) is 0 Å². The van der Waals surface area contributed by atoms with Crippen LogP contribution in [0.2, 0.25) is 0 Å². The van der Waals surface area contributed by atoms with E-state index in [0.717, 1.165) is 49.3 Å². The molecule has 0 amide bonds. The van der Waals surface area contributed by atoms with Gasteiger partial charge in [-0.15, -0.1) is 0 Å². The van der Waals surface area contributed by atoms with Crippen molar-refractivity contribution in [1.29, 1.82) is 5.26 Å². The number of anilines is 1. The van der Waals surface area contributed by atoms with Gasteiger partial charge >= 0.3 is 0 Å². The van der Waals surface area contributed by atoms with Crippen molar-refractivity contribution in [2.75, 3.05) is 31.1 Å². The molecule has 2 aromatic heterocycles. The zero-order valence-electron chi connectivity index (χ0n) is 14.3. The van der Waals surface area contributed by atoms with Crippen LogP contribution < -0.4 is 4.90 Å². The molecule has 1 aliphatic heterocycles. The molecule has 0 spiro atoms. The second kappa shape index (κ2) is 6.58. The van der Waals surface area contributed by atoms with Crippen LogP contribution in [0.15, 0.2) is 18.3 Å². The Morgan fingerprint density at radius 2 is 2.04 bits per heavy atom. The molecule has 7 nitrogen and oxygen atoms in total. The molecule has 2 aromatic rings. The second-order valence-corrected chi connectivity index (χ2v) is 7.06. The van der Waals surface area contributed by atoms with Crippen molar-refractivity contribution in [3.63, 3.8) is 0 Å². The Balaban J connectivity index is 1.40. The normalized spacial score (nSPS) is 18.3. The molecular formula is C17H21N7S. The van der Waals surface area contributed by atoms with Crippen molar-refractivity contribution < 1.29 is 0 Å². The monoisotopic (exact) mass is 355 g/mol. The zero-order valence-corrected chi connectivity index (χ0v) is 15.1. The van der Waals surface area contributed by atoms with Gasteiger partial charge in [0.15, 0.2) is 4.77 Å². The summed E-state index contributed by atoms with van der Waals surface area (Å²) >= 11 is 5.61. The van der Waals surface area contributed by atoms with Crippen molar-refractivity contribution in [1.82, 2.24) is 24.2 Å². The molecule has 2 aliphatic rings. The SMILES string of the molecule is Cc1nn(CN2CCN(c3cc(C#N)ccn3)CC2)c(=S)n1C1CC1. The van der Waals surface area contributed by atoms with Gasteiger partial charge < -0.3 is 9.47 Å². The number of nitrogens with zero attached hydrogens (tertiary/aromatic N) is 7. The Bertz CT molecular complexity index is 866. The van der Waals surface area contributed by atoms with E-state index in [1.807, 2.05) is 17.7 Å². The van der Waals surface area contributed by atoms with Gasteiger partial charge in [-0.2, -0.15) is 10.4 Å². The van der Waals surface area contributed by atoms with E-state index in [-0.39, 0.29) is 0 Å². The molecule has 0 atom stereocenters. The molecule has 0 unspecified atom stereocenters. The highest BCUT2D eigenvalue weighted by molar-refractivity contribution is 7.71. The predicted molar refractivity (Wildman–Crippen MR) is 96.8 cm³/mol. The minimum atomic E-state index is 0.566. The topological polar surface area (TPSA) is 65.9 Å². The van der Waals surface area contributed by atoms with Crippen LogP contribution in [-0.4, -0.2) is 50.4 Å². The third-order valence-electron chi connectivity index (χ3n) is 4.86. The summed E-state index contributed by atoms with van der Waals surface area (Å²) < 4.78 is 4.99. The maximum absolute atomic E-state index is 9.03. The van der Waals surface area contributed by atoms with Crippen molar-refractivity contribution >= 4 is 18.0 Å². The van der Waals surface area contributed by atoms with Crippen LogP contribution in [0.1, 0.15) is 30.3 Å².